The van der Waals surface area contributed by atoms with E-state index in [4.69, 9.17) is 4.74 Å². The largest absolute Gasteiger partial charge is 0.462 e. The van der Waals surface area contributed by atoms with Crippen LogP contribution in [0.4, 0.5) is 0 Å². The van der Waals surface area contributed by atoms with Crippen LogP contribution in [0.3, 0.4) is 0 Å². The lowest BCUT2D eigenvalue weighted by Crippen LogP contribution is -2.51. The van der Waals surface area contributed by atoms with E-state index >= 15 is 0 Å². The molecule has 186 valence electrons. The van der Waals surface area contributed by atoms with Crippen LogP contribution in [0.5, 0.6) is 0 Å². The van der Waals surface area contributed by atoms with Crippen molar-refractivity contribution in [2.75, 3.05) is 0 Å². The summed E-state index contributed by atoms with van der Waals surface area (Å²) in [6, 6.07) is 0. The number of rotatable bonds is 10. The second-order valence-corrected chi connectivity index (χ2v) is 12.3. The van der Waals surface area contributed by atoms with Gasteiger partial charge in [-0.3, -0.25) is 9.59 Å². The van der Waals surface area contributed by atoms with E-state index in [1.165, 1.54) is 69.8 Å². The highest BCUT2D eigenvalue weighted by atomic mass is 16.5. The molecule has 0 aromatic carbocycles. The number of hydrogen-bond acceptors (Lipinski definition) is 3. The Balaban J connectivity index is 1.27. The maximum atomic E-state index is 12.7. The lowest BCUT2D eigenvalue weighted by Gasteiger charge is -2.57. The highest BCUT2D eigenvalue weighted by Crippen LogP contribution is 2.65. The fraction of sp³-hybridized carbons (Fsp3) is 0.867. The fourth-order valence-corrected chi connectivity index (χ4v) is 8.33. The molecule has 3 saturated carbocycles. The van der Waals surface area contributed by atoms with E-state index in [-0.39, 0.29) is 22.9 Å². The molecule has 3 nitrogen and oxygen atoms in total. The van der Waals surface area contributed by atoms with Crippen LogP contribution in [0.15, 0.2) is 11.6 Å². The van der Waals surface area contributed by atoms with Gasteiger partial charge in [-0.1, -0.05) is 71.3 Å². The molecule has 33 heavy (non-hydrogen) atoms. The third-order valence-corrected chi connectivity index (χ3v) is 10.4. The molecule has 3 heteroatoms. The first-order valence-electron chi connectivity index (χ1n) is 14.3. The number of hydrogen-bond donors (Lipinski definition) is 0. The lowest BCUT2D eigenvalue weighted by atomic mass is 9.47. The summed E-state index contributed by atoms with van der Waals surface area (Å²) in [4.78, 5) is 24.7. The van der Waals surface area contributed by atoms with Crippen LogP contribution in [0.1, 0.15) is 130 Å². The van der Waals surface area contributed by atoms with Crippen molar-refractivity contribution in [1.29, 1.82) is 0 Å². The van der Waals surface area contributed by atoms with Gasteiger partial charge in [-0.2, -0.15) is 0 Å². The number of allylic oxidation sites excluding steroid dienone is 1. The SMILES string of the molecule is CCCCCCCCCCC(=O)O[C@H]1CC[C@@H]2[C@H]3CCC4=CC(=O)CC[C@]4(C)[C@@H]3CC[C@@]12C. The highest BCUT2D eigenvalue weighted by molar-refractivity contribution is 5.91. The average Bonchev–Trinajstić information content (AvgIpc) is 3.12. The van der Waals surface area contributed by atoms with Gasteiger partial charge in [0, 0.05) is 18.3 Å². The number of ether oxygens (including phenoxy) is 1. The molecule has 0 spiro atoms. The van der Waals surface area contributed by atoms with E-state index in [1.807, 2.05) is 6.08 Å². The van der Waals surface area contributed by atoms with Crippen LogP contribution in [0.25, 0.3) is 0 Å². The van der Waals surface area contributed by atoms with Crippen LogP contribution in [-0.4, -0.2) is 17.9 Å². The Morgan fingerprint density at radius 1 is 0.909 bits per heavy atom. The van der Waals surface area contributed by atoms with E-state index in [2.05, 4.69) is 20.8 Å². The van der Waals surface area contributed by atoms with Crippen LogP contribution in [-0.2, 0) is 14.3 Å². The zero-order chi connectivity index (χ0) is 23.5. The number of carbonyl (C=O) groups excluding carboxylic acids is 2. The minimum absolute atomic E-state index is 0.0431. The van der Waals surface area contributed by atoms with Crippen molar-refractivity contribution in [3.05, 3.63) is 11.6 Å². The van der Waals surface area contributed by atoms with E-state index in [0.717, 1.165) is 44.4 Å². The van der Waals surface area contributed by atoms with Gasteiger partial charge in [0.25, 0.3) is 0 Å². The van der Waals surface area contributed by atoms with Crippen molar-refractivity contribution in [2.45, 2.75) is 136 Å². The highest BCUT2D eigenvalue weighted by Gasteiger charge is 2.59. The smallest absolute Gasteiger partial charge is 0.306 e. The second kappa shape index (κ2) is 10.6. The first-order valence-corrected chi connectivity index (χ1v) is 14.3. The van der Waals surface area contributed by atoms with Crippen LogP contribution in [0, 0.1) is 28.6 Å². The maximum Gasteiger partial charge on any atom is 0.306 e. The van der Waals surface area contributed by atoms with Gasteiger partial charge in [0.05, 0.1) is 0 Å². The normalized spacial score (nSPS) is 37.7. The molecule has 0 saturated heterocycles. The molecule has 0 N–H and O–H groups in total. The fourth-order valence-electron chi connectivity index (χ4n) is 8.33. The van der Waals surface area contributed by atoms with Crippen molar-refractivity contribution in [1.82, 2.24) is 0 Å². The van der Waals surface area contributed by atoms with Crippen LogP contribution < -0.4 is 0 Å². The van der Waals surface area contributed by atoms with Gasteiger partial charge in [-0.05, 0) is 80.6 Å². The Kier molecular flexibility index (Phi) is 8.06. The van der Waals surface area contributed by atoms with Crippen molar-refractivity contribution in [3.63, 3.8) is 0 Å². The first kappa shape index (κ1) is 25.0. The Bertz CT molecular complexity index is 739. The molecular formula is C30H48O3. The molecule has 0 unspecified atom stereocenters. The Morgan fingerprint density at radius 2 is 1.64 bits per heavy atom. The molecular weight excluding hydrogens is 408 g/mol. The molecule has 4 aliphatic carbocycles. The predicted molar refractivity (Wildman–Crippen MR) is 134 cm³/mol. The van der Waals surface area contributed by atoms with Crippen molar-refractivity contribution in [2.24, 2.45) is 28.6 Å². The molecule has 6 atom stereocenters. The Morgan fingerprint density at radius 3 is 2.39 bits per heavy atom. The average molecular weight is 457 g/mol. The summed E-state index contributed by atoms with van der Waals surface area (Å²) in [5.74, 6) is 2.49. The molecule has 0 heterocycles. The summed E-state index contributed by atoms with van der Waals surface area (Å²) in [5.41, 5.74) is 1.82. The van der Waals surface area contributed by atoms with E-state index in [9.17, 15) is 9.59 Å². The number of esters is 1. The van der Waals surface area contributed by atoms with Gasteiger partial charge in [0.1, 0.15) is 6.10 Å². The van der Waals surface area contributed by atoms with Crippen LogP contribution >= 0.6 is 0 Å². The zero-order valence-corrected chi connectivity index (χ0v) is 21.6. The molecule has 4 rings (SSSR count). The molecule has 0 aliphatic heterocycles. The summed E-state index contributed by atoms with van der Waals surface area (Å²) >= 11 is 0. The van der Waals surface area contributed by atoms with E-state index in [1.54, 1.807) is 0 Å². The monoisotopic (exact) mass is 456 g/mol. The van der Waals surface area contributed by atoms with Crippen molar-refractivity contribution >= 4 is 11.8 Å². The Hall–Kier alpha value is -1.12. The number of ketones is 1. The van der Waals surface area contributed by atoms with Gasteiger partial charge in [-0.25, -0.2) is 0 Å². The standard InChI is InChI=1S/C30H48O3/c1-4-5-6-7-8-9-10-11-12-28(32)33-27-16-15-25-24-14-13-22-21-23(31)17-19-29(22,2)26(24)18-20-30(25,27)3/h21,24-27H,4-20H2,1-3H3/t24-,25-,26-,27+,29+,30-/m1/s1. The summed E-state index contributed by atoms with van der Waals surface area (Å²) in [6.45, 7) is 7.13. The number of unbranched alkanes of at least 4 members (excludes halogenated alkanes) is 7. The maximum absolute atomic E-state index is 12.7. The van der Waals surface area contributed by atoms with Gasteiger partial charge in [-0.15, -0.1) is 0 Å². The molecule has 3 fully saturated rings. The minimum atomic E-state index is 0.0431. The van der Waals surface area contributed by atoms with E-state index in [0.29, 0.717) is 24.0 Å². The third kappa shape index (κ3) is 5.13. The van der Waals surface area contributed by atoms with Crippen LogP contribution in [0.2, 0.25) is 0 Å². The summed E-state index contributed by atoms with van der Waals surface area (Å²) in [5, 5.41) is 0. The predicted octanol–water partition coefficient (Wildman–Crippen LogP) is 7.96. The summed E-state index contributed by atoms with van der Waals surface area (Å²) in [7, 11) is 0. The Labute approximate surface area is 202 Å². The van der Waals surface area contributed by atoms with Crippen molar-refractivity contribution in [3.8, 4) is 0 Å². The van der Waals surface area contributed by atoms with Gasteiger partial charge in [0.2, 0.25) is 0 Å². The topological polar surface area (TPSA) is 43.4 Å². The quantitative estimate of drug-likeness (QED) is 0.247. The molecule has 0 aromatic rings. The number of carbonyl (C=O) groups is 2. The third-order valence-electron chi connectivity index (χ3n) is 10.4. The molecule has 0 aromatic heterocycles. The van der Waals surface area contributed by atoms with Gasteiger partial charge < -0.3 is 4.74 Å². The van der Waals surface area contributed by atoms with Gasteiger partial charge >= 0.3 is 5.97 Å². The summed E-state index contributed by atoms with van der Waals surface area (Å²) < 4.78 is 6.17. The van der Waals surface area contributed by atoms with Crippen molar-refractivity contribution < 1.29 is 14.3 Å². The molecule has 0 bridgehead atoms. The first-order chi connectivity index (χ1) is 15.9. The van der Waals surface area contributed by atoms with E-state index < -0.39 is 0 Å². The number of fused-ring (bicyclic) bond motifs is 5. The lowest BCUT2D eigenvalue weighted by molar-refractivity contribution is -0.160. The zero-order valence-electron chi connectivity index (χ0n) is 21.6. The molecule has 0 amide bonds. The van der Waals surface area contributed by atoms with Gasteiger partial charge in [0.15, 0.2) is 5.78 Å². The summed E-state index contributed by atoms with van der Waals surface area (Å²) in [6.07, 6.45) is 21.5. The molecule has 4 aliphatic rings. The minimum Gasteiger partial charge on any atom is -0.462 e. The molecule has 0 radical (unpaired) electrons. The second-order valence-electron chi connectivity index (χ2n) is 12.3.